The zero-order valence-electron chi connectivity index (χ0n) is 10.9. The summed E-state index contributed by atoms with van der Waals surface area (Å²) in [6, 6.07) is 1.32. The van der Waals surface area contributed by atoms with E-state index in [1.165, 1.54) is 6.07 Å². The average molecular weight is 250 g/mol. The highest BCUT2D eigenvalue weighted by molar-refractivity contribution is 5.91. The highest BCUT2D eigenvalue weighted by Gasteiger charge is 2.23. The molecule has 5 heteroatoms. The number of hydrogen-bond acceptors (Lipinski definition) is 4. The number of pyridine rings is 1. The number of rotatable bonds is 1. The van der Waals surface area contributed by atoms with Gasteiger partial charge in [0, 0.05) is 36.8 Å². The van der Waals surface area contributed by atoms with Crippen molar-refractivity contribution in [1.29, 1.82) is 0 Å². The third-order valence-electron chi connectivity index (χ3n) is 2.71. The molecule has 1 aliphatic heterocycles. The molecule has 0 bridgehead atoms. The van der Waals surface area contributed by atoms with Crippen LogP contribution < -0.4 is 10.9 Å². The van der Waals surface area contributed by atoms with Crippen LogP contribution in [0.15, 0.2) is 10.9 Å². The Kier molecular flexibility index (Phi) is 3.26. The molecule has 0 aromatic carbocycles. The lowest BCUT2D eigenvalue weighted by atomic mass is 10.0. The number of hydrogen-bond donors (Lipinski definition) is 2. The molecule has 5 nitrogen and oxygen atoms in total. The van der Waals surface area contributed by atoms with Crippen LogP contribution in [0.4, 0.5) is 0 Å². The fourth-order valence-corrected chi connectivity index (χ4v) is 2.00. The van der Waals surface area contributed by atoms with E-state index in [9.17, 15) is 9.59 Å². The van der Waals surface area contributed by atoms with E-state index < -0.39 is 11.6 Å². The van der Waals surface area contributed by atoms with Crippen molar-refractivity contribution in [2.75, 3.05) is 6.54 Å². The first-order chi connectivity index (χ1) is 8.37. The molecule has 0 amide bonds. The lowest BCUT2D eigenvalue weighted by Gasteiger charge is -2.23. The molecule has 18 heavy (non-hydrogen) atoms. The number of fused-ring (bicyclic) bond motifs is 1. The molecule has 1 aliphatic rings. The van der Waals surface area contributed by atoms with Crippen molar-refractivity contribution in [3.8, 4) is 0 Å². The maximum atomic E-state index is 12.1. The molecule has 2 rings (SSSR count). The second-order valence-corrected chi connectivity index (χ2v) is 5.43. The molecule has 0 radical (unpaired) electrons. The molecule has 0 aliphatic carbocycles. The van der Waals surface area contributed by atoms with Crippen LogP contribution in [0.5, 0.6) is 0 Å². The maximum Gasteiger partial charge on any atom is 0.339 e. The molecule has 0 unspecified atom stereocenters. The van der Waals surface area contributed by atoms with Crippen molar-refractivity contribution in [3.05, 3.63) is 33.2 Å². The minimum atomic E-state index is -0.561. The van der Waals surface area contributed by atoms with E-state index in [1.54, 1.807) is 0 Å². The van der Waals surface area contributed by atoms with Gasteiger partial charge in [-0.3, -0.25) is 4.79 Å². The highest BCUT2D eigenvalue weighted by Crippen LogP contribution is 2.18. The summed E-state index contributed by atoms with van der Waals surface area (Å²) < 4.78 is 5.33. The highest BCUT2D eigenvalue weighted by atomic mass is 16.6. The monoisotopic (exact) mass is 250 g/mol. The van der Waals surface area contributed by atoms with Gasteiger partial charge in [0.05, 0.1) is 5.56 Å². The number of carbonyl (C=O) groups excluding carboxylic acids is 1. The van der Waals surface area contributed by atoms with Crippen molar-refractivity contribution >= 4 is 5.97 Å². The van der Waals surface area contributed by atoms with Gasteiger partial charge >= 0.3 is 5.97 Å². The van der Waals surface area contributed by atoms with Crippen LogP contribution in [0.2, 0.25) is 0 Å². The van der Waals surface area contributed by atoms with Crippen molar-refractivity contribution in [1.82, 2.24) is 10.3 Å². The maximum absolute atomic E-state index is 12.1. The van der Waals surface area contributed by atoms with Crippen LogP contribution in [-0.4, -0.2) is 23.1 Å². The number of aromatic amines is 1. The number of esters is 1. The molecule has 1 aromatic rings. The predicted molar refractivity (Wildman–Crippen MR) is 67.6 cm³/mol. The van der Waals surface area contributed by atoms with Gasteiger partial charge in [0.25, 0.3) is 0 Å². The van der Waals surface area contributed by atoms with Crippen molar-refractivity contribution in [2.45, 2.75) is 39.3 Å². The van der Waals surface area contributed by atoms with Gasteiger partial charge in [-0.15, -0.1) is 0 Å². The minimum Gasteiger partial charge on any atom is -0.456 e. The third kappa shape index (κ3) is 2.79. The Morgan fingerprint density at radius 2 is 2.11 bits per heavy atom. The summed E-state index contributed by atoms with van der Waals surface area (Å²) in [5, 5.41) is 3.19. The van der Waals surface area contributed by atoms with Gasteiger partial charge < -0.3 is 15.0 Å². The summed E-state index contributed by atoms with van der Waals surface area (Å²) in [6.45, 7) is 6.82. The van der Waals surface area contributed by atoms with Gasteiger partial charge in [-0.2, -0.15) is 0 Å². The summed E-state index contributed by atoms with van der Waals surface area (Å²) in [5.74, 6) is -0.437. The van der Waals surface area contributed by atoms with E-state index in [4.69, 9.17) is 4.74 Å². The van der Waals surface area contributed by atoms with Crippen molar-refractivity contribution in [3.63, 3.8) is 0 Å². The quantitative estimate of drug-likeness (QED) is 0.729. The first kappa shape index (κ1) is 12.8. The zero-order chi connectivity index (χ0) is 13.3. The Hall–Kier alpha value is -1.62. The van der Waals surface area contributed by atoms with E-state index in [-0.39, 0.29) is 5.56 Å². The first-order valence-corrected chi connectivity index (χ1v) is 6.06. The van der Waals surface area contributed by atoms with Gasteiger partial charge in [0.1, 0.15) is 5.60 Å². The summed E-state index contributed by atoms with van der Waals surface area (Å²) in [5.41, 5.74) is 1.24. The second-order valence-electron chi connectivity index (χ2n) is 5.43. The molecule has 1 aromatic heterocycles. The van der Waals surface area contributed by atoms with Crippen molar-refractivity contribution < 1.29 is 9.53 Å². The number of H-pyrrole nitrogens is 1. The molecular weight excluding hydrogens is 232 g/mol. The molecule has 2 N–H and O–H groups in total. The average Bonchev–Trinajstić information content (AvgIpc) is 2.25. The van der Waals surface area contributed by atoms with E-state index >= 15 is 0 Å². The van der Waals surface area contributed by atoms with E-state index in [1.807, 2.05) is 20.8 Å². The molecule has 0 saturated carbocycles. The molecule has 2 heterocycles. The Bertz CT molecular complexity index is 526. The molecule has 0 atom stereocenters. The molecular formula is C13H18N2O3. The second kappa shape index (κ2) is 4.57. The first-order valence-electron chi connectivity index (χ1n) is 6.06. The van der Waals surface area contributed by atoms with Crippen molar-refractivity contribution in [2.24, 2.45) is 0 Å². The van der Waals surface area contributed by atoms with Crippen LogP contribution in [-0.2, 0) is 17.7 Å². The van der Waals surface area contributed by atoms with E-state index in [0.29, 0.717) is 12.1 Å². The molecule has 0 fully saturated rings. The Morgan fingerprint density at radius 3 is 2.78 bits per heavy atom. The summed E-state index contributed by atoms with van der Waals surface area (Å²) in [4.78, 5) is 26.4. The van der Waals surface area contributed by atoms with Gasteiger partial charge in [-0.25, -0.2) is 4.79 Å². The third-order valence-corrected chi connectivity index (χ3v) is 2.71. The minimum absolute atomic E-state index is 0.253. The lowest BCUT2D eigenvalue weighted by Crippen LogP contribution is -2.31. The SMILES string of the molecule is CC(C)(C)OC(=O)c1cc(=O)[nH]c2c1CNCC2. The summed E-state index contributed by atoms with van der Waals surface area (Å²) >= 11 is 0. The van der Waals surface area contributed by atoms with E-state index in [0.717, 1.165) is 24.2 Å². The molecule has 0 spiro atoms. The number of nitrogens with one attached hydrogen (secondary N) is 2. The summed E-state index contributed by atoms with van der Waals surface area (Å²) in [7, 11) is 0. The Balaban J connectivity index is 2.41. The molecule has 0 saturated heterocycles. The Labute approximate surface area is 106 Å². The van der Waals surface area contributed by atoms with Crippen LogP contribution >= 0.6 is 0 Å². The van der Waals surface area contributed by atoms with Crippen LogP contribution in [0.25, 0.3) is 0 Å². The van der Waals surface area contributed by atoms with Gasteiger partial charge in [-0.05, 0) is 20.8 Å². The fourth-order valence-electron chi connectivity index (χ4n) is 2.00. The number of carbonyl (C=O) groups is 1. The predicted octanol–water partition coefficient (Wildman–Crippen LogP) is 0.976. The van der Waals surface area contributed by atoms with Crippen LogP contribution in [0.3, 0.4) is 0 Å². The number of aromatic nitrogens is 1. The smallest absolute Gasteiger partial charge is 0.339 e. The van der Waals surface area contributed by atoms with Gasteiger partial charge in [0.2, 0.25) is 5.56 Å². The Morgan fingerprint density at radius 1 is 1.39 bits per heavy atom. The summed E-state index contributed by atoms with van der Waals surface area (Å²) in [6.07, 6.45) is 0.723. The number of ether oxygens (including phenoxy) is 1. The van der Waals surface area contributed by atoms with Crippen LogP contribution in [0.1, 0.15) is 42.4 Å². The fraction of sp³-hybridized carbons (Fsp3) is 0.538. The van der Waals surface area contributed by atoms with Crippen LogP contribution in [0, 0.1) is 0 Å². The van der Waals surface area contributed by atoms with E-state index in [2.05, 4.69) is 10.3 Å². The standard InChI is InChI=1S/C13H18N2O3/c1-13(2,3)18-12(17)8-6-11(16)15-10-4-5-14-7-9(8)10/h6,14H,4-5,7H2,1-3H3,(H,15,16). The zero-order valence-corrected chi connectivity index (χ0v) is 10.9. The van der Waals surface area contributed by atoms with Gasteiger partial charge in [0.15, 0.2) is 0 Å². The largest absolute Gasteiger partial charge is 0.456 e. The normalized spacial score (nSPS) is 15.1. The lowest BCUT2D eigenvalue weighted by molar-refractivity contribution is 0.00675. The molecule has 98 valence electrons. The topological polar surface area (TPSA) is 71.2 Å². The van der Waals surface area contributed by atoms with Gasteiger partial charge in [-0.1, -0.05) is 0 Å².